The summed E-state index contributed by atoms with van der Waals surface area (Å²) in [7, 11) is 0. The van der Waals surface area contributed by atoms with Crippen LogP contribution in [0, 0.1) is 0 Å². The Morgan fingerprint density at radius 1 is 0.875 bits per heavy atom. The van der Waals surface area contributed by atoms with Gasteiger partial charge in [-0.15, -0.1) is 11.8 Å². The average molecular weight is 443 g/mol. The molecule has 0 aliphatic carbocycles. The molecule has 0 bridgehead atoms. The molecule has 5 nitrogen and oxygen atoms in total. The van der Waals surface area contributed by atoms with E-state index in [2.05, 4.69) is 46.3 Å². The van der Waals surface area contributed by atoms with Gasteiger partial charge in [0.15, 0.2) is 0 Å². The zero-order chi connectivity index (χ0) is 21.8. The molecule has 0 unspecified atom stereocenters. The lowest BCUT2D eigenvalue weighted by molar-refractivity contribution is 0.0767. The van der Waals surface area contributed by atoms with Crippen LogP contribution in [0.15, 0.2) is 83.8 Å². The Kier molecular flexibility index (Phi) is 6.12. The molecule has 0 atom stereocenters. The van der Waals surface area contributed by atoms with Gasteiger partial charge in [0.1, 0.15) is 0 Å². The van der Waals surface area contributed by atoms with Gasteiger partial charge < -0.3 is 14.8 Å². The number of carbonyl (C=O) groups excluding carboxylic acids is 1. The summed E-state index contributed by atoms with van der Waals surface area (Å²) in [6, 6.07) is 26.5. The number of thioether (sulfide) groups is 1. The molecule has 6 heteroatoms. The highest BCUT2D eigenvalue weighted by Gasteiger charge is 2.22. The van der Waals surface area contributed by atoms with Gasteiger partial charge >= 0.3 is 0 Å². The molecule has 4 aromatic rings. The minimum absolute atomic E-state index is 0.107. The van der Waals surface area contributed by atoms with Crippen molar-refractivity contribution >= 4 is 34.7 Å². The van der Waals surface area contributed by atoms with E-state index in [0.29, 0.717) is 6.54 Å². The van der Waals surface area contributed by atoms with Gasteiger partial charge in [-0.05, 0) is 48.4 Å². The second-order valence-corrected chi connectivity index (χ2v) is 9.06. The minimum atomic E-state index is 0.107. The third-order valence-electron chi connectivity index (χ3n) is 5.81. The molecule has 2 heterocycles. The van der Waals surface area contributed by atoms with Crippen LogP contribution in [0.3, 0.4) is 0 Å². The maximum atomic E-state index is 13.1. The molecule has 3 aromatic carbocycles. The molecule has 32 heavy (non-hydrogen) atoms. The predicted molar refractivity (Wildman–Crippen MR) is 131 cm³/mol. The minimum Gasteiger partial charge on any atom is -0.341 e. The standard InChI is InChI=1S/C26H26N4OS/c31-25(21-11-13-22(14-12-21)32-19-20-7-2-1-3-8-20)29-15-6-16-30(18-17-29)26-27-23-9-4-5-10-24(23)28-26/h1-5,7-14H,6,15-19H2,(H,27,28). The predicted octanol–water partition coefficient (Wildman–Crippen LogP) is 5.21. The van der Waals surface area contributed by atoms with Crippen molar-refractivity contribution in [2.75, 3.05) is 31.1 Å². The normalized spacial score (nSPS) is 14.5. The van der Waals surface area contributed by atoms with Gasteiger partial charge in [0.05, 0.1) is 11.0 Å². The summed E-state index contributed by atoms with van der Waals surface area (Å²) in [6.45, 7) is 3.12. The average Bonchev–Trinajstić information content (AvgIpc) is 3.13. The van der Waals surface area contributed by atoms with Crippen molar-refractivity contribution in [1.29, 1.82) is 0 Å². The highest BCUT2D eigenvalue weighted by atomic mass is 32.2. The number of benzene rings is 3. The molecular formula is C26H26N4OS. The van der Waals surface area contributed by atoms with E-state index in [1.54, 1.807) is 11.8 Å². The summed E-state index contributed by atoms with van der Waals surface area (Å²) < 4.78 is 0. The van der Waals surface area contributed by atoms with Crippen molar-refractivity contribution in [2.45, 2.75) is 17.1 Å². The molecule has 0 spiro atoms. The van der Waals surface area contributed by atoms with Crippen molar-refractivity contribution < 1.29 is 4.79 Å². The maximum Gasteiger partial charge on any atom is 0.253 e. The number of hydrogen-bond acceptors (Lipinski definition) is 4. The summed E-state index contributed by atoms with van der Waals surface area (Å²) in [5.41, 5.74) is 4.08. The molecule has 1 fully saturated rings. The summed E-state index contributed by atoms with van der Waals surface area (Å²) in [5.74, 6) is 1.93. The van der Waals surface area contributed by atoms with Crippen molar-refractivity contribution in [3.63, 3.8) is 0 Å². The molecule has 1 aliphatic heterocycles. The number of fused-ring (bicyclic) bond motifs is 1. The highest BCUT2D eigenvalue weighted by Crippen LogP contribution is 2.24. The number of hydrogen-bond donors (Lipinski definition) is 1. The quantitative estimate of drug-likeness (QED) is 0.431. The van der Waals surface area contributed by atoms with Crippen molar-refractivity contribution in [1.82, 2.24) is 14.9 Å². The first-order valence-corrected chi connectivity index (χ1v) is 12.0. The topological polar surface area (TPSA) is 52.2 Å². The molecule has 1 amide bonds. The van der Waals surface area contributed by atoms with Gasteiger partial charge in [0, 0.05) is 42.4 Å². The number of nitrogens with one attached hydrogen (secondary N) is 1. The Hall–Kier alpha value is -3.25. The third kappa shape index (κ3) is 4.65. The molecule has 1 saturated heterocycles. The molecule has 0 radical (unpaired) electrons. The van der Waals surface area contributed by atoms with E-state index in [9.17, 15) is 4.79 Å². The fourth-order valence-electron chi connectivity index (χ4n) is 4.04. The van der Waals surface area contributed by atoms with E-state index >= 15 is 0 Å². The number of aromatic amines is 1. The summed E-state index contributed by atoms with van der Waals surface area (Å²) in [4.78, 5) is 26.6. The number of carbonyl (C=O) groups is 1. The molecule has 162 valence electrons. The Balaban J connectivity index is 1.20. The Labute approximate surface area is 192 Å². The molecule has 1 aromatic heterocycles. The van der Waals surface area contributed by atoms with E-state index in [-0.39, 0.29) is 5.91 Å². The molecule has 5 rings (SSSR count). The van der Waals surface area contributed by atoms with Crippen LogP contribution in [-0.2, 0) is 5.75 Å². The molecular weight excluding hydrogens is 416 g/mol. The van der Waals surface area contributed by atoms with Crippen LogP contribution in [-0.4, -0.2) is 47.0 Å². The second kappa shape index (κ2) is 9.49. The monoisotopic (exact) mass is 442 g/mol. The fourth-order valence-corrected chi connectivity index (χ4v) is 4.89. The summed E-state index contributed by atoms with van der Waals surface area (Å²) in [6.07, 6.45) is 0.924. The van der Waals surface area contributed by atoms with E-state index in [4.69, 9.17) is 4.98 Å². The zero-order valence-electron chi connectivity index (χ0n) is 17.9. The number of nitrogens with zero attached hydrogens (tertiary/aromatic N) is 3. The fraction of sp³-hybridized carbons (Fsp3) is 0.231. The first kappa shape index (κ1) is 20.6. The highest BCUT2D eigenvalue weighted by molar-refractivity contribution is 7.98. The zero-order valence-corrected chi connectivity index (χ0v) is 18.7. The van der Waals surface area contributed by atoms with E-state index in [1.807, 2.05) is 47.4 Å². The Morgan fingerprint density at radius 2 is 1.66 bits per heavy atom. The number of amides is 1. The van der Waals surface area contributed by atoms with E-state index in [0.717, 1.165) is 54.4 Å². The van der Waals surface area contributed by atoms with Crippen molar-refractivity contribution in [3.05, 3.63) is 90.0 Å². The smallest absolute Gasteiger partial charge is 0.253 e. The lowest BCUT2D eigenvalue weighted by atomic mass is 10.2. The third-order valence-corrected chi connectivity index (χ3v) is 6.89. The summed E-state index contributed by atoms with van der Waals surface area (Å²) >= 11 is 1.79. The van der Waals surface area contributed by atoms with Crippen molar-refractivity contribution in [3.8, 4) is 0 Å². The Morgan fingerprint density at radius 3 is 2.47 bits per heavy atom. The van der Waals surface area contributed by atoms with Crippen LogP contribution in [0.25, 0.3) is 11.0 Å². The van der Waals surface area contributed by atoms with Crippen LogP contribution in [0.2, 0.25) is 0 Å². The van der Waals surface area contributed by atoms with Gasteiger partial charge in [0.2, 0.25) is 5.95 Å². The molecule has 0 saturated carbocycles. The van der Waals surface area contributed by atoms with Gasteiger partial charge in [0.25, 0.3) is 5.91 Å². The summed E-state index contributed by atoms with van der Waals surface area (Å²) in [5, 5.41) is 0. The first-order valence-electron chi connectivity index (χ1n) is 11.0. The van der Waals surface area contributed by atoms with E-state index < -0.39 is 0 Å². The largest absolute Gasteiger partial charge is 0.341 e. The van der Waals surface area contributed by atoms with Gasteiger partial charge in [-0.25, -0.2) is 4.98 Å². The lowest BCUT2D eigenvalue weighted by Crippen LogP contribution is -2.35. The number of H-pyrrole nitrogens is 1. The Bertz CT molecular complexity index is 1160. The van der Waals surface area contributed by atoms with Crippen LogP contribution < -0.4 is 4.90 Å². The SMILES string of the molecule is O=C(c1ccc(SCc2ccccc2)cc1)N1CCCN(c2nc3ccccc3[nH]2)CC1. The van der Waals surface area contributed by atoms with Crippen LogP contribution in [0.1, 0.15) is 22.3 Å². The van der Waals surface area contributed by atoms with Crippen LogP contribution >= 0.6 is 11.8 Å². The second-order valence-electron chi connectivity index (χ2n) is 8.01. The number of anilines is 1. The van der Waals surface area contributed by atoms with Gasteiger partial charge in [-0.1, -0.05) is 42.5 Å². The van der Waals surface area contributed by atoms with Crippen LogP contribution in [0.5, 0.6) is 0 Å². The number of imidazole rings is 1. The maximum absolute atomic E-state index is 13.1. The number of rotatable bonds is 5. The lowest BCUT2D eigenvalue weighted by Gasteiger charge is -2.22. The first-order chi connectivity index (χ1) is 15.8. The van der Waals surface area contributed by atoms with Crippen molar-refractivity contribution in [2.24, 2.45) is 0 Å². The van der Waals surface area contributed by atoms with E-state index in [1.165, 1.54) is 10.5 Å². The number of para-hydroxylation sites is 2. The van der Waals surface area contributed by atoms with Gasteiger partial charge in [-0.3, -0.25) is 4.79 Å². The molecule has 1 N–H and O–H groups in total. The van der Waals surface area contributed by atoms with Crippen LogP contribution in [0.4, 0.5) is 5.95 Å². The number of aromatic nitrogens is 2. The molecule has 1 aliphatic rings. The van der Waals surface area contributed by atoms with Gasteiger partial charge in [-0.2, -0.15) is 0 Å².